The minimum atomic E-state index is -2.01. The Kier molecular flexibility index (Phi) is 3.93. The van der Waals surface area contributed by atoms with E-state index in [0.717, 1.165) is 16.5 Å². The first-order valence-electron chi connectivity index (χ1n) is 7.14. The summed E-state index contributed by atoms with van der Waals surface area (Å²) in [6, 6.07) is 9.35. The first kappa shape index (κ1) is 15.7. The van der Waals surface area contributed by atoms with Crippen LogP contribution in [-0.2, 0) is 0 Å². The smallest absolute Gasteiger partial charge is 0.250 e. The summed E-state index contributed by atoms with van der Waals surface area (Å²) in [6.07, 6.45) is 0. The Balaban J connectivity index is 2.55. The van der Waals surface area contributed by atoms with Crippen molar-refractivity contribution >= 4 is 19.1 Å². The average molecular weight is 304 g/mol. The fraction of sp³-hybridized carbons (Fsp3) is 0.412. The Labute approximate surface area is 127 Å². The van der Waals surface area contributed by atoms with Gasteiger partial charge in [-0.3, -0.25) is 0 Å². The molecule has 0 heterocycles. The van der Waals surface area contributed by atoms with Gasteiger partial charge in [-0.2, -0.15) is 0 Å². The molecule has 114 valence electrons. The summed E-state index contributed by atoms with van der Waals surface area (Å²) < 4.78 is 11.6. The van der Waals surface area contributed by atoms with E-state index in [4.69, 9.17) is 9.16 Å². The molecule has 2 aromatic carbocycles. The molecule has 0 radical (unpaired) electrons. The van der Waals surface area contributed by atoms with Crippen LogP contribution in [0.2, 0.25) is 18.1 Å². The zero-order valence-electron chi connectivity index (χ0n) is 13.7. The summed E-state index contributed by atoms with van der Waals surface area (Å²) in [5.41, 5.74) is 0. The third kappa shape index (κ3) is 3.00. The molecule has 21 heavy (non-hydrogen) atoms. The Bertz CT molecular complexity index is 657. The van der Waals surface area contributed by atoms with Crippen molar-refractivity contribution in [1.82, 2.24) is 0 Å². The number of phenols is 1. The maximum atomic E-state index is 10.2. The van der Waals surface area contributed by atoms with Crippen molar-refractivity contribution < 1.29 is 14.3 Å². The molecule has 0 unspecified atom stereocenters. The zero-order valence-corrected chi connectivity index (χ0v) is 14.7. The molecule has 0 bridgehead atoms. The van der Waals surface area contributed by atoms with Crippen LogP contribution in [0.4, 0.5) is 0 Å². The second kappa shape index (κ2) is 5.26. The lowest BCUT2D eigenvalue weighted by molar-refractivity contribution is 0.415. The van der Waals surface area contributed by atoms with Gasteiger partial charge in [0.1, 0.15) is 5.75 Å². The standard InChI is InChI=1S/C17H24O3Si/c1-17(2,3)21(5,6)20-16-14-9-8-13(19-4)11-12(14)7-10-15(16)18/h7-11,18H,1-6H3. The Morgan fingerprint density at radius 1 is 1.05 bits per heavy atom. The second-order valence-corrected chi connectivity index (χ2v) is 11.6. The Morgan fingerprint density at radius 3 is 2.29 bits per heavy atom. The van der Waals surface area contributed by atoms with E-state index < -0.39 is 8.32 Å². The molecule has 2 aromatic rings. The highest BCUT2D eigenvalue weighted by molar-refractivity contribution is 6.74. The lowest BCUT2D eigenvalue weighted by atomic mass is 10.1. The summed E-state index contributed by atoms with van der Waals surface area (Å²) in [4.78, 5) is 0. The van der Waals surface area contributed by atoms with Crippen molar-refractivity contribution in [1.29, 1.82) is 0 Å². The molecule has 4 heteroatoms. The Hall–Kier alpha value is -1.68. The van der Waals surface area contributed by atoms with E-state index in [1.165, 1.54) is 0 Å². The van der Waals surface area contributed by atoms with Crippen LogP contribution in [0, 0.1) is 0 Å². The fourth-order valence-corrected chi connectivity index (χ4v) is 2.94. The van der Waals surface area contributed by atoms with E-state index in [1.54, 1.807) is 13.2 Å². The van der Waals surface area contributed by atoms with Crippen molar-refractivity contribution in [2.45, 2.75) is 38.9 Å². The van der Waals surface area contributed by atoms with Crippen molar-refractivity contribution in [3.63, 3.8) is 0 Å². The van der Waals surface area contributed by atoms with Crippen LogP contribution in [0.15, 0.2) is 30.3 Å². The molecule has 0 atom stereocenters. The molecule has 0 saturated heterocycles. The number of hydrogen-bond donors (Lipinski definition) is 1. The minimum Gasteiger partial charge on any atom is -0.541 e. The maximum absolute atomic E-state index is 10.2. The van der Waals surface area contributed by atoms with E-state index >= 15 is 0 Å². The number of hydrogen-bond acceptors (Lipinski definition) is 3. The monoisotopic (exact) mass is 304 g/mol. The summed E-state index contributed by atoms with van der Waals surface area (Å²) in [6.45, 7) is 10.9. The molecule has 0 aliphatic rings. The van der Waals surface area contributed by atoms with Crippen molar-refractivity contribution in [3.8, 4) is 17.2 Å². The summed E-state index contributed by atoms with van der Waals surface area (Å²) in [7, 11) is -0.360. The van der Waals surface area contributed by atoms with Gasteiger partial charge in [-0.25, -0.2) is 0 Å². The van der Waals surface area contributed by atoms with Crippen LogP contribution in [-0.4, -0.2) is 20.5 Å². The molecule has 1 N–H and O–H groups in total. The van der Waals surface area contributed by atoms with E-state index in [9.17, 15) is 5.11 Å². The molecule has 0 aliphatic carbocycles. The van der Waals surface area contributed by atoms with Gasteiger partial charge in [-0.1, -0.05) is 26.8 Å². The maximum Gasteiger partial charge on any atom is 0.250 e. The normalized spacial score (nSPS) is 12.5. The van der Waals surface area contributed by atoms with Crippen LogP contribution in [0.1, 0.15) is 20.8 Å². The van der Waals surface area contributed by atoms with Crippen molar-refractivity contribution in [3.05, 3.63) is 30.3 Å². The third-order valence-corrected chi connectivity index (χ3v) is 8.65. The summed E-state index contributed by atoms with van der Waals surface area (Å²) >= 11 is 0. The molecule has 0 amide bonds. The molecule has 0 spiro atoms. The highest BCUT2D eigenvalue weighted by Gasteiger charge is 2.39. The summed E-state index contributed by atoms with van der Waals surface area (Å²) in [5.74, 6) is 1.57. The molecule has 3 nitrogen and oxygen atoms in total. The summed E-state index contributed by atoms with van der Waals surface area (Å²) in [5, 5.41) is 12.2. The highest BCUT2D eigenvalue weighted by atomic mass is 28.4. The number of fused-ring (bicyclic) bond motifs is 1. The fourth-order valence-electron chi connectivity index (χ4n) is 1.91. The molecule has 0 aromatic heterocycles. The molecule has 2 rings (SSSR count). The van der Waals surface area contributed by atoms with E-state index in [-0.39, 0.29) is 10.8 Å². The number of aromatic hydroxyl groups is 1. The van der Waals surface area contributed by atoms with Gasteiger partial charge in [0, 0.05) is 5.39 Å². The number of ether oxygens (including phenoxy) is 1. The highest BCUT2D eigenvalue weighted by Crippen LogP contribution is 2.43. The molecular formula is C17H24O3Si. The Morgan fingerprint density at radius 2 is 1.71 bits per heavy atom. The van der Waals surface area contributed by atoms with E-state index in [2.05, 4.69) is 33.9 Å². The van der Waals surface area contributed by atoms with Crippen LogP contribution in [0.5, 0.6) is 17.2 Å². The van der Waals surface area contributed by atoms with E-state index in [1.807, 2.05) is 24.3 Å². The van der Waals surface area contributed by atoms with Crippen LogP contribution >= 0.6 is 0 Å². The van der Waals surface area contributed by atoms with Gasteiger partial charge < -0.3 is 14.3 Å². The first-order chi connectivity index (χ1) is 9.65. The average Bonchev–Trinajstić information content (AvgIpc) is 2.40. The first-order valence-corrected chi connectivity index (χ1v) is 10.1. The second-order valence-electron chi connectivity index (χ2n) is 6.86. The quantitative estimate of drug-likeness (QED) is 0.816. The molecule has 0 fully saturated rings. The third-order valence-electron chi connectivity index (χ3n) is 4.32. The molecule has 0 saturated carbocycles. The van der Waals surface area contributed by atoms with Crippen LogP contribution in [0.25, 0.3) is 10.8 Å². The van der Waals surface area contributed by atoms with Gasteiger partial charge in [0.2, 0.25) is 0 Å². The zero-order chi connectivity index (χ0) is 15.8. The topological polar surface area (TPSA) is 38.7 Å². The SMILES string of the molecule is COc1ccc2c(O[Si](C)(C)C(C)(C)C)c(O)ccc2c1. The van der Waals surface area contributed by atoms with Gasteiger partial charge in [0.05, 0.1) is 7.11 Å². The molecule has 0 aliphatic heterocycles. The number of benzene rings is 2. The largest absolute Gasteiger partial charge is 0.541 e. The number of methoxy groups -OCH3 is 1. The van der Waals surface area contributed by atoms with Gasteiger partial charge in [0.15, 0.2) is 11.5 Å². The minimum absolute atomic E-state index is 0.0775. The number of rotatable bonds is 3. The molecular weight excluding hydrogens is 280 g/mol. The van der Waals surface area contributed by atoms with Crippen LogP contribution in [0.3, 0.4) is 0 Å². The predicted octanol–water partition coefficient (Wildman–Crippen LogP) is 4.94. The van der Waals surface area contributed by atoms with Crippen LogP contribution < -0.4 is 9.16 Å². The van der Waals surface area contributed by atoms with Gasteiger partial charge >= 0.3 is 0 Å². The number of phenolic OH excluding ortho intramolecular Hbond substituents is 1. The van der Waals surface area contributed by atoms with Crippen molar-refractivity contribution in [2.75, 3.05) is 7.11 Å². The lowest BCUT2D eigenvalue weighted by Gasteiger charge is -2.36. The van der Waals surface area contributed by atoms with Gasteiger partial charge in [-0.05, 0) is 47.8 Å². The van der Waals surface area contributed by atoms with Gasteiger partial charge in [0.25, 0.3) is 8.32 Å². The van der Waals surface area contributed by atoms with E-state index in [0.29, 0.717) is 5.75 Å². The van der Waals surface area contributed by atoms with Crippen molar-refractivity contribution in [2.24, 2.45) is 0 Å². The van der Waals surface area contributed by atoms with Gasteiger partial charge in [-0.15, -0.1) is 0 Å². The lowest BCUT2D eigenvalue weighted by Crippen LogP contribution is -2.43. The predicted molar refractivity (Wildman–Crippen MR) is 90.0 cm³/mol.